The summed E-state index contributed by atoms with van der Waals surface area (Å²) >= 11 is 0. The fraction of sp³-hybridized carbons (Fsp3) is 0.333. The summed E-state index contributed by atoms with van der Waals surface area (Å²) in [4.78, 5) is 0. The summed E-state index contributed by atoms with van der Waals surface area (Å²) in [7, 11) is 6.55. The molecule has 21 heavy (non-hydrogen) atoms. The minimum absolute atomic E-state index is 0. The van der Waals surface area contributed by atoms with Gasteiger partial charge in [0, 0.05) is 0 Å². The van der Waals surface area contributed by atoms with E-state index in [4.69, 9.17) is 4.74 Å². The number of hydrogen-bond acceptors (Lipinski definition) is 1. The first kappa shape index (κ1) is 18.1. The zero-order valence-electron chi connectivity index (χ0n) is 13.0. The molecule has 0 heterocycles. The van der Waals surface area contributed by atoms with Crippen LogP contribution in [0, 0.1) is 0 Å². The quantitative estimate of drug-likeness (QED) is 0.510. The summed E-state index contributed by atoms with van der Waals surface area (Å²) in [5, 5.41) is 0. The maximum absolute atomic E-state index is 6.17. The van der Waals surface area contributed by atoms with Crippen molar-refractivity contribution in [3.8, 4) is 0 Å². The van der Waals surface area contributed by atoms with Crippen LogP contribution < -0.4 is 24.0 Å². The molecule has 0 spiro atoms. The average molecular weight is 397 g/mol. The van der Waals surface area contributed by atoms with Gasteiger partial charge in [0.1, 0.15) is 12.6 Å². The largest absolute Gasteiger partial charge is 1.00 e. The molecule has 0 aliphatic rings. The minimum atomic E-state index is 0. The maximum atomic E-state index is 6.17. The van der Waals surface area contributed by atoms with Crippen molar-refractivity contribution in [3.05, 3.63) is 71.8 Å². The Morgan fingerprint density at radius 2 is 1.24 bits per heavy atom. The van der Waals surface area contributed by atoms with Crippen LogP contribution in [0.4, 0.5) is 0 Å². The third-order valence-corrected chi connectivity index (χ3v) is 3.25. The van der Waals surface area contributed by atoms with Gasteiger partial charge in [0.05, 0.1) is 27.7 Å². The van der Waals surface area contributed by atoms with Gasteiger partial charge in [0.2, 0.25) is 0 Å². The lowest BCUT2D eigenvalue weighted by molar-refractivity contribution is -0.870. The highest BCUT2D eigenvalue weighted by atomic mass is 127. The number of benzene rings is 2. The number of halogens is 1. The van der Waals surface area contributed by atoms with Crippen molar-refractivity contribution in [3.63, 3.8) is 0 Å². The Morgan fingerprint density at radius 1 is 0.810 bits per heavy atom. The molecule has 0 radical (unpaired) electrons. The minimum Gasteiger partial charge on any atom is -1.00 e. The molecule has 0 aromatic heterocycles. The van der Waals surface area contributed by atoms with Gasteiger partial charge in [-0.25, -0.2) is 0 Å². The second-order valence-corrected chi connectivity index (χ2v) is 6.09. The predicted octanol–water partition coefficient (Wildman–Crippen LogP) is 0.503. The molecule has 0 fully saturated rings. The smallest absolute Gasteiger partial charge is 0.108 e. The summed E-state index contributed by atoms with van der Waals surface area (Å²) in [6.45, 7) is 1.74. The molecule has 3 heteroatoms. The topological polar surface area (TPSA) is 9.23 Å². The van der Waals surface area contributed by atoms with E-state index < -0.39 is 0 Å². The van der Waals surface area contributed by atoms with Gasteiger partial charge in [-0.3, -0.25) is 0 Å². The van der Waals surface area contributed by atoms with Crippen molar-refractivity contribution >= 4 is 0 Å². The molecule has 0 unspecified atom stereocenters. The van der Waals surface area contributed by atoms with E-state index in [0.717, 1.165) is 17.6 Å². The van der Waals surface area contributed by atoms with Crippen molar-refractivity contribution < 1.29 is 33.2 Å². The first-order valence-electron chi connectivity index (χ1n) is 7.08. The average Bonchev–Trinajstić information content (AvgIpc) is 2.44. The number of rotatable bonds is 6. The third kappa shape index (κ3) is 6.16. The van der Waals surface area contributed by atoms with E-state index in [1.807, 2.05) is 12.1 Å². The highest BCUT2D eigenvalue weighted by Gasteiger charge is 2.16. The van der Waals surface area contributed by atoms with Crippen LogP contribution in [-0.2, 0) is 4.74 Å². The zero-order valence-corrected chi connectivity index (χ0v) is 15.2. The number of nitrogens with zero attached hydrogens (tertiary/aromatic N) is 1. The van der Waals surface area contributed by atoms with Gasteiger partial charge in [-0.2, -0.15) is 0 Å². The Morgan fingerprint density at radius 3 is 1.62 bits per heavy atom. The zero-order chi connectivity index (χ0) is 14.4. The van der Waals surface area contributed by atoms with E-state index >= 15 is 0 Å². The van der Waals surface area contributed by atoms with Crippen molar-refractivity contribution in [1.29, 1.82) is 0 Å². The van der Waals surface area contributed by atoms with Crippen molar-refractivity contribution in [1.82, 2.24) is 0 Å². The fourth-order valence-corrected chi connectivity index (χ4v) is 2.08. The number of quaternary nitrogens is 1. The molecule has 0 aliphatic heterocycles. The summed E-state index contributed by atoms with van der Waals surface area (Å²) in [5.41, 5.74) is 2.42. The molecule has 114 valence electrons. The molecule has 2 aromatic carbocycles. The van der Waals surface area contributed by atoms with E-state index in [1.165, 1.54) is 11.1 Å². The van der Waals surface area contributed by atoms with Gasteiger partial charge in [-0.05, 0) is 11.1 Å². The van der Waals surface area contributed by atoms with E-state index in [2.05, 4.69) is 69.7 Å². The molecule has 0 N–H and O–H groups in total. The summed E-state index contributed by atoms with van der Waals surface area (Å²) in [6, 6.07) is 20.8. The van der Waals surface area contributed by atoms with Crippen LogP contribution in [-0.4, -0.2) is 38.8 Å². The molecule has 0 saturated heterocycles. The summed E-state index contributed by atoms with van der Waals surface area (Å²) in [6.07, 6.45) is 0.0175. The van der Waals surface area contributed by atoms with E-state index in [0.29, 0.717) is 0 Å². The maximum Gasteiger partial charge on any atom is 0.108 e. The highest BCUT2D eigenvalue weighted by Crippen LogP contribution is 2.25. The Bertz CT molecular complexity index is 468. The first-order chi connectivity index (χ1) is 9.56. The standard InChI is InChI=1S/C18H24NO.HI/c1-19(2,3)14-15-20-18(16-10-6-4-7-11-16)17-12-8-5-9-13-17;/h4-13,18H,14-15H2,1-3H3;1H/q+1;/p-1. The van der Waals surface area contributed by atoms with E-state index in [1.54, 1.807) is 0 Å². The van der Waals surface area contributed by atoms with E-state index in [9.17, 15) is 0 Å². The lowest BCUT2D eigenvalue weighted by Gasteiger charge is -2.26. The summed E-state index contributed by atoms with van der Waals surface area (Å²) < 4.78 is 7.09. The van der Waals surface area contributed by atoms with Crippen LogP contribution in [0.2, 0.25) is 0 Å². The van der Waals surface area contributed by atoms with Crippen LogP contribution in [0.15, 0.2) is 60.7 Å². The van der Waals surface area contributed by atoms with Gasteiger partial charge in [-0.1, -0.05) is 60.7 Å². The molecular formula is C18H24INO. The second-order valence-electron chi connectivity index (χ2n) is 6.09. The Kier molecular flexibility index (Phi) is 7.35. The van der Waals surface area contributed by atoms with Gasteiger partial charge in [-0.15, -0.1) is 0 Å². The number of ether oxygens (including phenoxy) is 1. The molecular weight excluding hydrogens is 373 g/mol. The Labute approximate surface area is 145 Å². The second kappa shape index (κ2) is 8.51. The van der Waals surface area contributed by atoms with Gasteiger partial charge in [0.15, 0.2) is 0 Å². The number of hydrogen-bond donors (Lipinski definition) is 0. The highest BCUT2D eigenvalue weighted by molar-refractivity contribution is 5.29. The lowest BCUT2D eigenvalue weighted by atomic mass is 10.0. The van der Waals surface area contributed by atoms with Gasteiger partial charge >= 0.3 is 0 Å². The molecule has 0 atom stereocenters. The Balaban J connectivity index is 0.00000220. The van der Waals surface area contributed by atoms with E-state index in [-0.39, 0.29) is 30.1 Å². The molecule has 0 saturated carbocycles. The van der Waals surface area contributed by atoms with Crippen LogP contribution >= 0.6 is 0 Å². The van der Waals surface area contributed by atoms with Crippen LogP contribution in [0.1, 0.15) is 17.2 Å². The molecule has 0 amide bonds. The van der Waals surface area contributed by atoms with Gasteiger partial charge in [0.25, 0.3) is 0 Å². The van der Waals surface area contributed by atoms with Crippen molar-refractivity contribution in [2.75, 3.05) is 34.3 Å². The normalized spacial score (nSPS) is 11.2. The molecule has 2 aromatic rings. The third-order valence-electron chi connectivity index (χ3n) is 3.25. The molecule has 0 bridgehead atoms. The first-order valence-corrected chi connectivity index (χ1v) is 7.08. The van der Waals surface area contributed by atoms with Crippen molar-refractivity contribution in [2.45, 2.75) is 6.10 Å². The monoisotopic (exact) mass is 397 g/mol. The number of likely N-dealkylation sites (N-methyl/N-ethyl adjacent to an activating group) is 1. The van der Waals surface area contributed by atoms with Crippen molar-refractivity contribution in [2.24, 2.45) is 0 Å². The van der Waals surface area contributed by atoms with Crippen LogP contribution in [0.5, 0.6) is 0 Å². The SMILES string of the molecule is C[N+](C)(C)CCOC(c1ccccc1)c1ccccc1.[I-]. The fourth-order valence-electron chi connectivity index (χ4n) is 2.08. The predicted molar refractivity (Wildman–Crippen MR) is 83.6 cm³/mol. The molecule has 0 aliphatic carbocycles. The Hall–Kier alpha value is -0.910. The van der Waals surface area contributed by atoms with Gasteiger partial charge < -0.3 is 33.2 Å². The van der Waals surface area contributed by atoms with Crippen LogP contribution in [0.3, 0.4) is 0 Å². The van der Waals surface area contributed by atoms with Crippen LogP contribution in [0.25, 0.3) is 0 Å². The molecule has 2 rings (SSSR count). The summed E-state index contributed by atoms with van der Waals surface area (Å²) in [5.74, 6) is 0. The molecule has 2 nitrogen and oxygen atoms in total. The lowest BCUT2D eigenvalue weighted by Crippen LogP contribution is -3.00.